The first-order valence-electron chi connectivity index (χ1n) is 15.6. The number of likely N-dealkylation sites (N-methyl/N-ethyl adjacent to an activating group) is 1. The summed E-state index contributed by atoms with van der Waals surface area (Å²) in [6.45, 7) is 3.95. The van der Waals surface area contributed by atoms with E-state index in [2.05, 4.69) is 34.8 Å². The number of amides is 2. The number of hydrogen-bond acceptors (Lipinski definition) is 5. The lowest BCUT2D eigenvalue weighted by Crippen LogP contribution is -2.44. The molecule has 8 nitrogen and oxygen atoms in total. The third kappa shape index (κ3) is 5.37. The van der Waals surface area contributed by atoms with Gasteiger partial charge in [-0.1, -0.05) is 35.9 Å². The van der Waals surface area contributed by atoms with Gasteiger partial charge in [-0.3, -0.25) is 19.5 Å². The second-order valence-electron chi connectivity index (χ2n) is 12.3. The fourth-order valence-electron chi connectivity index (χ4n) is 7.01. The lowest BCUT2D eigenvalue weighted by molar-refractivity contribution is 0.0659. The predicted molar refractivity (Wildman–Crippen MR) is 177 cm³/mol. The lowest BCUT2D eigenvalue weighted by atomic mass is 9.93. The highest BCUT2D eigenvalue weighted by atomic mass is 35.5. The van der Waals surface area contributed by atoms with Crippen LogP contribution in [0.15, 0.2) is 77.9 Å². The van der Waals surface area contributed by atoms with Gasteiger partial charge in [-0.15, -0.1) is 0 Å². The van der Waals surface area contributed by atoms with Gasteiger partial charge in [-0.25, -0.2) is 0 Å². The van der Waals surface area contributed by atoms with E-state index in [0.717, 1.165) is 49.2 Å². The summed E-state index contributed by atoms with van der Waals surface area (Å²) in [6, 6.07) is 22.2. The Morgan fingerprint density at radius 3 is 2.51 bits per heavy atom. The van der Waals surface area contributed by atoms with Gasteiger partial charge in [-0.2, -0.15) is 5.10 Å². The zero-order valence-corrected chi connectivity index (χ0v) is 26.2. The number of aromatic nitrogens is 1. The summed E-state index contributed by atoms with van der Waals surface area (Å²) in [5.74, 6) is -0.0455. The average Bonchev–Trinajstić information content (AvgIpc) is 3.65. The quantitative estimate of drug-likeness (QED) is 0.280. The number of carbonyl (C=O) groups excluding carboxylic acids is 2. The molecular formula is C36H36ClN5O3. The largest absolute Gasteiger partial charge is 0.508 e. The van der Waals surface area contributed by atoms with Crippen molar-refractivity contribution in [1.29, 1.82) is 0 Å². The number of carbonyl (C=O) groups is 2. The van der Waals surface area contributed by atoms with E-state index in [9.17, 15) is 14.7 Å². The molecule has 0 aliphatic carbocycles. The molecule has 3 aliphatic rings. The average molecular weight is 622 g/mol. The minimum atomic E-state index is -0.276. The van der Waals surface area contributed by atoms with E-state index >= 15 is 0 Å². The summed E-state index contributed by atoms with van der Waals surface area (Å²) in [5, 5.41) is 16.7. The fourth-order valence-corrected chi connectivity index (χ4v) is 7.18. The van der Waals surface area contributed by atoms with E-state index in [1.54, 1.807) is 41.4 Å². The maximum atomic E-state index is 14.6. The van der Waals surface area contributed by atoms with Crippen molar-refractivity contribution in [3.8, 4) is 17.0 Å². The van der Waals surface area contributed by atoms with Crippen molar-refractivity contribution in [2.45, 2.75) is 57.8 Å². The molecule has 0 saturated carbocycles. The van der Waals surface area contributed by atoms with Crippen molar-refractivity contribution in [1.82, 2.24) is 14.5 Å². The van der Waals surface area contributed by atoms with Gasteiger partial charge in [0.15, 0.2) is 0 Å². The van der Waals surface area contributed by atoms with Crippen LogP contribution in [0.3, 0.4) is 0 Å². The van der Waals surface area contributed by atoms with Crippen molar-refractivity contribution in [3.63, 3.8) is 0 Å². The minimum Gasteiger partial charge on any atom is -0.508 e. The third-order valence-corrected chi connectivity index (χ3v) is 9.54. The molecule has 0 radical (unpaired) electrons. The first-order valence-corrected chi connectivity index (χ1v) is 15.9. The second-order valence-corrected chi connectivity index (χ2v) is 12.7. The Labute approximate surface area is 268 Å². The summed E-state index contributed by atoms with van der Waals surface area (Å²) in [4.78, 5) is 32.6. The molecule has 0 bridgehead atoms. The Morgan fingerprint density at radius 1 is 0.978 bits per heavy atom. The van der Waals surface area contributed by atoms with Gasteiger partial charge in [0.25, 0.3) is 11.8 Å². The van der Waals surface area contributed by atoms with Crippen LogP contribution in [0.4, 0.5) is 5.69 Å². The Balaban J connectivity index is 1.31. The number of aromatic hydroxyl groups is 1. The number of nitrogens with zero attached hydrogens (tertiary/aromatic N) is 5. The molecule has 45 heavy (non-hydrogen) atoms. The molecule has 4 heterocycles. The van der Waals surface area contributed by atoms with Crippen LogP contribution in [0.2, 0.25) is 5.02 Å². The lowest BCUT2D eigenvalue weighted by Gasteiger charge is -2.35. The molecular weight excluding hydrogens is 586 g/mol. The first-order chi connectivity index (χ1) is 21.8. The van der Waals surface area contributed by atoms with E-state index in [-0.39, 0.29) is 29.6 Å². The molecule has 0 fully saturated rings. The number of benzene rings is 3. The summed E-state index contributed by atoms with van der Waals surface area (Å²) in [7, 11) is 1.88. The van der Waals surface area contributed by atoms with E-state index < -0.39 is 0 Å². The van der Waals surface area contributed by atoms with Gasteiger partial charge in [0.2, 0.25) is 0 Å². The molecule has 1 unspecified atom stereocenters. The van der Waals surface area contributed by atoms with E-state index in [1.807, 2.05) is 41.2 Å². The highest BCUT2D eigenvalue weighted by Gasteiger charge is 2.34. The molecule has 7 rings (SSSR count). The number of hydrogen-bond donors (Lipinski definition) is 1. The van der Waals surface area contributed by atoms with Crippen LogP contribution in [0.5, 0.6) is 5.75 Å². The van der Waals surface area contributed by atoms with E-state index in [4.69, 9.17) is 11.6 Å². The molecule has 4 aromatic rings. The van der Waals surface area contributed by atoms with E-state index in [0.29, 0.717) is 34.9 Å². The molecule has 9 heteroatoms. The van der Waals surface area contributed by atoms with Crippen molar-refractivity contribution in [2.24, 2.45) is 5.10 Å². The van der Waals surface area contributed by atoms with Crippen molar-refractivity contribution in [3.05, 3.63) is 106 Å². The SMILES string of the molecule is C[C@@H]1Cc2ccccc2CN1C(=O)c1ccc(Cl)cc1-c1cc(C(=O)N(c2ccc(O)cc2)C2C=NN(C)C2)c2n1CCCC2. The first kappa shape index (κ1) is 29.2. The number of phenolic OH excluding ortho intramolecular Hbond substituents is 1. The zero-order chi connectivity index (χ0) is 31.2. The van der Waals surface area contributed by atoms with Crippen LogP contribution in [-0.2, 0) is 25.9 Å². The van der Waals surface area contributed by atoms with Crippen LogP contribution in [-0.4, -0.2) is 63.3 Å². The van der Waals surface area contributed by atoms with Crippen molar-refractivity contribution >= 4 is 35.3 Å². The van der Waals surface area contributed by atoms with Crippen LogP contribution in [0.1, 0.15) is 57.3 Å². The van der Waals surface area contributed by atoms with Gasteiger partial charge in [0.05, 0.1) is 18.2 Å². The molecule has 0 saturated heterocycles. The Hall–Kier alpha value is -4.56. The van der Waals surface area contributed by atoms with Crippen molar-refractivity contribution < 1.29 is 14.7 Å². The summed E-state index contributed by atoms with van der Waals surface area (Å²) < 4.78 is 2.21. The Morgan fingerprint density at radius 2 is 1.76 bits per heavy atom. The molecule has 1 N–H and O–H groups in total. The summed E-state index contributed by atoms with van der Waals surface area (Å²) in [6.07, 6.45) is 5.31. The molecule has 3 aliphatic heterocycles. The molecule has 2 amide bonds. The number of anilines is 1. The molecule has 2 atom stereocenters. The number of halogens is 1. The van der Waals surface area contributed by atoms with Crippen LogP contribution in [0, 0.1) is 0 Å². The Kier molecular flexibility index (Phi) is 7.61. The predicted octanol–water partition coefficient (Wildman–Crippen LogP) is 6.38. The van der Waals surface area contributed by atoms with Crippen LogP contribution in [0.25, 0.3) is 11.3 Å². The molecule has 1 aromatic heterocycles. The van der Waals surface area contributed by atoms with E-state index in [1.165, 1.54) is 11.1 Å². The van der Waals surface area contributed by atoms with Gasteiger partial charge >= 0.3 is 0 Å². The third-order valence-electron chi connectivity index (χ3n) is 9.31. The zero-order valence-electron chi connectivity index (χ0n) is 25.5. The van der Waals surface area contributed by atoms with Gasteiger partial charge < -0.3 is 14.6 Å². The summed E-state index contributed by atoms with van der Waals surface area (Å²) >= 11 is 6.60. The number of hydrazone groups is 1. The fraction of sp³-hybridized carbons (Fsp3) is 0.306. The molecule has 0 spiro atoms. The number of fused-ring (bicyclic) bond motifs is 2. The monoisotopic (exact) mass is 621 g/mol. The smallest absolute Gasteiger partial charge is 0.260 e. The topological polar surface area (TPSA) is 81.4 Å². The Bertz CT molecular complexity index is 1810. The standard InChI is InChI=1S/C36H36ClN5O3/c1-23-17-24-7-3-4-8-25(24)21-41(23)35(44)30-15-10-26(37)18-31(30)34-19-32(33-9-5-6-16-40(33)34)36(45)42(28-20-38-39(2)22-28)27-11-13-29(43)14-12-27/h3-4,7-8,10-15,18-20,23,28,43H,5-6,9,16-17,21-22H2,1-2H3/t23-,28?/m1/s1. The van der Waals surface area contributed by atoms with Crippen LogP contribution < -0.4 is 4.90 Å². The highest BCUT2D eigenvalue weighted by molar-refractivity contribution is 6.31. The number of phenols is 1. The van der Waals surface area contributed by atoms with Gasteiger partial charge in [0.1, 0.15) is 5.75 Å². The molecule has 3 aromatic carbocycles. The maximum absolute atomic E-state index is 14.6. The maximum Gasteiger partial charge on any atom is 0.260 e. The van der Waals surface area contributed by atoms with Crippen LogP contribution >= 0.6 is 11.6 Å². The minimum absolute atomic E-state index is 0.0411. The normalized spacial score (nSPS) is 18.9. The highest BCUT2D eigenvalue weighted by Crippen LogP contribution is 2.37. The van der Waals surface area contributed by atoms with Gasteiger partial charge in [-0.05, 0) is 92.3 Å². The summed E-state index contributed by atoms with van der Waals surface area (Å²) in [5.41, 5.74) is 6.85. The second kappa shape index (κ2) is 11.7. The van der Waals surface area contributed by atoms with Crippen molar-refractivity contribution in [2.75, 3.05) is 18.5 Å². The number of rotatable bonds is 5. The van der Waals surface area contributed by atoms with Gasteiger partial charge in [0, 0.05) is 65.6 Å². The molecule has 230 valence electrons.